The molecule has 3 aromatic rings. The van der Waals surface area contributed by atoms with Crippen LogP contribution in [0.5, 0.6) is 5.75 Å². The van der Waals surface area contributed by atoms with Crippen LogP contribution < -0.4 is 10.1 Å². The average molecular weight is 407 g/mol. The van der Waals surface area contributed by atoms with Crippen LogP contribution in [0.2, 0.25) is 10.0 Å². The topological polar surface area (TPSA) is 51.2 Å². The molecule has 0 fully saturated rings. The summed E-state index contributed by atoms with van der Waals surface area (Å²) in [6.07, 6.45) is 3.00. The van der Waals surface area contributed by atoms with Crippen molar-refractivity contribution >= 4 is 61.9 Å². The highest BCUT2D eigenvalue weighted by Gasteiger charge is 2.10. The molecule has 1 heterocycles. The van der Waals surface area contributed by atoms with E-state index in [2.05, 4.69) is 22.4 Å². The van der Waals surface area contributed by atoms with Crippen molar-refractivity contribution in [2.75, 3.05) is 12.4 Å². The Labute approximate surface area is 165 Å². The van der Waals surface area contributed by atoms with Crippen molar-refractivity contribution in [1.29, 1.82) is 0 Å². The Balaban J connectivity index is 1.81. The van der Waals surface area contributed by atoms with E-state index >= 15 is 0 Å². The third-order valence-electron chi connectivity index (χ3n) is 3.72. The normalized spacial score (nSPS) is 11.3. The number of hydrogen-bond donors (Lipinski definition) is 1. The van der Waals surface area contributed by atoms with Crippen LogP contribution in [0, 0.1) is 13.8 Å². The van der Waals surface area contributed by atoms with Gasteiger partial charge in [-0.15, -0.1) is 0 Å². The molecular weight excluding hydrogens is 391 g/mol. The minimum absolute atomic E-state index is 0.295. The lowest BCUT2D eigenvalue weighted by Crippen LogP contribution is -2.07. The Hall–Kier alpha value is -2.08. The fourth-order valence-electron chi connectivity index (χ4n) is 2.66. The molecule has 7 heteroatoms. The molecule has 0 spiro atoms. The predicted octanol–water partition coefficient (Wildman–Crippen LogP) is 5.88. The molecule has 0 aliphatic heterocycles. The van der Waals surface area contributed by atoms with Crippen molar-refractivity contribution in [3.63, 3.8) is 0 Å². The van der Waals surface area contributed by atoms with E-state index in [4.69, 9.17) is 27.9 Å². The maximum absolute atomic E-state index is 12.2. The molecule has 1 aromatic heterocycles. The summed E-state index contributed by atoms with van der Waals surface area (Å²) in [6, 6.07) is 7.40. The predicted molar refractivity (Wildman–Crippen MR) is 110 cm³/mol. The minimum atomic E-state index is -0.295. The van der Waals surface area contributed by atoms with Crippen LogP contribution in [-0.4, -0.2) is 18.0 Å². The van der Waals surface area contributed by atoms with Gasteiger partial charge in [0.2, 0.25) is 5.91 Å². The number of nitrogens with one attached hydrogen (secondary N) is 1. The Morgan fingerprint density at radius 1 is 1.23 bits per heavy atom. The molecular formula is C19H16Cl2N2O2S. The number of thiazole rings is 1. The van der Waals surface area contributed by atoms with E-state index in [1.165, 1.54) is 30.1 Å². The maximum atomic E-state index is 12.2. The molecule has 0 atom stereocenters. The highest BCUT2D eigenvalue weighted by atomic mass is 35.5. The molecule has 1 amide bonds. The zero-order valence-electron chi connectivity index (χ0n) is 14.4. The first-order chi connectivity index (χ1) is 12.4. The van der Waals surface area contributed by atoms with Crippen LogP contribution in [0.25, 0.3) is 16.3 Å². The van der Waals surface area contributed by atoms with Crippen LogP contribution in [0.1, 0.15) is 16.7 Å². The SMILES string of the molecule is COc1c(Cl)cc(Cl)cc1C=CC(=O)Nc1nc2c(C)cc(C)cc2s1. The molecule has 4 nitrogen and oxygen atoms in total. The molecule has 0 saturated carbocycles. The third kappa shape index (κ3) is 4.01. The molecule has 0 saturated heterocycles. The van der Waals surface area contributed by atoms with Crippen molar-refractivity contribution in [1.82, 2.24) is 4.98 Å². The number of carbonyl (C=O) groups excluding carboxylic acids is 1. The molecule has 2 aromatic carbocycles. The second-order valence-corrected chi connectivity index (χ2v) is 7.65. The van der Waals surface area contributed by atoms with Crippen LogP contribution in [0.3, 0.4) is 0 Å². The Morgan fingerprint density at radius 3 is 2.73 bits per heavy atom. The van der Waals surface area contributed by atoms with Gasteiger partial charge in [-0.25, -0.2) is 4.98 Å². The standard InChI is InChI=1S/C19H16Cl2N2O2S/c1-10-6-11(2)17-15(7-10)26-19(23-17)22-16(24)5-4-12-8-13(20)9-14(21)18(12)25-3/h4-9H,1-3H3,(H,22,23,24). The minimum Gasteiger partial charge on any atom is -0.495 e. The first-order valence-corrected chi connectivity index (χ1v) is 9.34. The number of fused-ring (bicyclic) bond motifs is 1. The lowest BCUT2D eigenvalue weighted by atomic mass is 10.1. The molecule has 0 bridgehead atoms. The van der Waals surface area contributed by atoms with Gasteiger partial charge in [0.1, 0.15) is 5.75 Å². The van der Waals surface area contributed by atoms with E-state index in [-0.39, 0.29) is 5.91 Å². The molecule has 0 unspecified atom stereocenters. The van der Waals surface area contributed by atoms with Crippen molar-refractivity contribution < 1.29 is 9.53 Å². The molecule has 26 heavy (non-hydrogen) atoms. The summed E-state index contributed by atoms with van der Waals surface area (Å²) < 4.78 is 6.31. The Morgan fingerprint density at radius 2 is 2.00 bits per heavy atom. The van der Waals surface area contributed by atoms with Crippen LogP contribution in [-0.2, 0) is 4.79 Å². The second kappa shape index (κ2) is 7.66. The zero-order valence-corrected chi connectivity index (χ0v) is 16.7. The van der Waals surface area contributed by atoms with Crippen LogP contribution >= 0.6 is 34.5 Å². The highest BCUT2D eigenvalue weighted by molar-refractivity contribution is 7.22. The summed E-state index contributed by atoms with van der Waals surface area (Å²) in [6.45, 7) is 4.05. The van der Waals surface area contributed by atoms with Gasteiger partial charge in [-0.2, -0.15) is 0 Å². The zero-order chi connectivity index (χ0) is 18.8. The fourth-order valence-corrected chi connectivity index (χ4v) is 4.29. The number of hydrogen-bond acceptors (Lipinski definition) is 4. The number of aryl methyl sites for hydroxylation is 2. The van der Waals surface area contributed by atoms with Crippen molar-refractivity contribution in [3.05, 3.63) is 57.1 Å². The third-order valence-corrected chi connectivity index (χ3v) is 5.13. The number of rotatable bonds is 4. The van der Waals surface area contributed by atoms with E-state index in [1.54, 1.807) is 18.2 Å². The number of carbonyl (C=O) groups is 1. The summed E-state index contributed by atoms with van der Waals surface area (Å²) in [5.74, 6) is 0.169. The Bertz CT molecular complexity index is 1030. The lowest BCUT2D eigenvalue weighted by molar-refractivity contribution is -0.111. The molecule has 134 valence electrons. The van der Waals surface area contributed by atoms with Gasteiger partial charge in [0, 0.05) is 16.7 Å². The van der Waals surface area contributed by atoms with E-state index < -0.39 is 0 Å². The van der Waals surface area contributed by atoms with Crippen LogP contribution in [0.15, 0.2) is 30.3 Å². The Kier molecular flexibility index (Phi) is 5.51. The number of aromatic nitrogens is 1. The summed E-state index contributed by atoms with van der Waals surface area (Å²) in [7, 11) is 1.51. The highest BCUT2D eigenvalue weighted by Crippen LogP contribution is 2.33. The van der Waals surface area contributed by atoms with Gasteiger partial charge >= 0.3 is 0 Å². The lowest BCUT2D eigenvalue weighted by Gasteiger charge is -2.07. The van der Waals surface area contributed by atoms with Crippen LogP contribution in [0.4, 0.5) is 5.13 Å². The van der Waals surface area contributed by atoms with Crippen molar-refractivity contribution in [3.8, 4) is 5.75 Å². The smallest absolute Gasteiger partial charge is 0.250 e. The number of halogens is 2. The molecule has 0 radical (unpaired) electrons. The average Bonchev–Trinajstić information content (AvgIpc) is 2.95. The summed E-state index contributed by atoms with van der Waals surface area (Å²) >= 11 is 13.6. The second-order valence-electron chi connectivity index (χ2n) is 5.78. The molecule has 0 aliphatic rings. The van der Waals surface area contributed by atoms with Crippen molar-refractivity contribution in [2.24, 2.45) is 0 Å². The van der Waals surface area contributed by atoms with Gasteiger partial charge in [0.15, 0.2) is 5.13 Å². The summed E-state index contributed by atoms with van der Waals surface area (Å²) in [5, 5.41) is 4.20. The summed E-state index contributed by atoms with van der Waals surface area (Å²) in [5.41, 5.74) is 3.78. The number of amides is 1. The van der Waals surface area contributed by atoms with Gasteiger partial charge in [0.25, 0.3) is 0 Å². The first kappa shape index (κ1) is 18.7. The molecule has 1 N–H and O–H groups in total. The monoisotopic (exact) mass is 406 g/mol. The number of benzene rings is 2. The fraction of sp³-hybridized carbons (Fsp3) is 0.158. The number of anilines is 1. The first-order valence-electron chi connectivity index (χ1n) is 7.77. The van der Waals surface area contributed by atoms with Gasteiger partial charge in [-0.05, 0) is 49.2 Å². The maximum Gasteiger partial charge on any atom is 0.250 e. The van der Waals surface area contributed by atoms with Gasteiger partial charge in [-0.3, -0.25) is 10.1 Å². The number of ether oxygens (including phenoxy) is 1. The van der Waals surface area contributed by atoms with Gasteiger partial charge < -0.3 is 4.74 Å². The van der Waals surface area contributed by atoms with E-state index in [1.807, 2.05) is 13.8 Å². The quantitative estimate of drug-likeness (QED) is 0.550. The van der Waals surface area contributed by atoms with E-state index in [0.717, 1.165) is 15.8 Å². The van der Waals surface area contributed by atoms with Gasteiger partial charge in [-0.1, -0.05) is 40.6 Å². The molecule has 3 rings (SSSR count). The largest absolute Gasteiger partial charge is 0.495 e. The van der Waals surface area contributed by atoms with E-state index in [0.29, 0.717) is 26.5 Å². The summed E-state index contributed by atoms with van der Waals surface area (Å²) in [4.78, 5) is 16.7. The molecule has 0 aliphatic carbocycles. The van der Waals surface area contributed by atoms with Gasteiger partial charge in [0.05, 0.1) is 22.3 Å². The number of nitrogens with zero attached hydrogens (tertiary/aromatic N) is 1. The number of methoxy groups -OCH3 is 1. The van der Waals surface area contributed by atoms with Crippen molar-refractivity contribution in [2.45, 2.75) is 13.8 Å². The van der Waals surface area contributed by atoms with E-state index in [9.17, 15) is 4.79 Å².